The van der Waals surface area contributed by atoms with Crippen LogP contribution in [-0.2, 0) is 4.79 Å². The fourth-order valence-electron chi connectivity index (χ4n) is 4.85. The molecule has 0 aliphatic carbocycles. The van der Waals surface area contributed by atoms with Crippen LogP contribution in [0.25, 0.3) is 16.9 Å². The monoisotopic (exact) mass is 545 g/mol. The molecule has 0 spiro atoms. The Bertz CT molecular complexity index is 1510. The first-order chi connectivity index (χ1) is 19.4. The highest BCUT2D eigenvalue weighted by Gasteiger charge is 2.29. The smallest absolute Gasteiger partial charge is 0.260 e. The number of nitrogens with zero attached hydrogens (tertiary/aromatic N) is 3. The molecular weight excluding hydrogens is 516 g/mol. The summed E-state index contributed by atoms with van der Waals surface area (Å²) in [6.07, 6.45) is 0. The van der Waals surface area contributed by atoms with Crippen LogP contribution >= 0.6 is 0 Å². The van der Waals surface area contributed by atoms with Crippen LogP contribution in [0.4, 0.5) is 8.78 Å². The zero-order valence-corrected chi connectivity index (χ0v) is 22.3. The minimum absolute atomic E-state index is 0.0750. The van der Waals surface area contributed by atoms with E-state index in [4.69, 9.17) is 9.47 Å². The van der Waals surface area contributed by atoms with Gasteiger partial charge in [0.2, 0.25) is 0 Å². The molecule has 1 fully saturated rings. The second-order valence-corrected chi connectivity index (χ2v) is 9.46. The molecule has 1 aliphatic rings. The lowest BCUT2D eigenvalue weighted by Gasteiger charge is -2.34. The Morgan fingerprint density at radius 1 is 0.825 bits per heavy atom. The van der Waals surface area contributed by atoms with Gasteiger partial charge < -0.3 is 23.8 Å². The van der Waals surface area contributed by atoms with Gasteiger partial charge in [-0.15, -0.1) is 0 Å². The van der Waals surface area contributed by atoms with Gasteiger partial charge in [0.05, 0.1) is 24.1 Å². The van der Waals surface area contributed by atoms with E-state index in [0.29, 0.717) is 54.6 Å². The lowest BCUT2D eigenvalue weighted by atomic mass is 10.1. The maximum atomic E-state index is 15.0. The summed E-state index contributed by atoms with van der Waals surface area (Å²) < 4.78 is 41.1. The number of para-hydroxylation sites is 1. The summed E-state index contributed by atoms with van der Waals surface area (Å²) in [7, 11) is 1.57. The number of halogens is 2. The van der Waals surface area contributed by atoms with Gasteiger partial charge in [-0.2, -0.15) is 0 Å². The number of hydrogen-bond donors (Lipinski definition) is 0. The molecule has 0 N–H and O–H groups in total. The lowest BCUT2D eigenvalue weighted by Crippen LogP contribution is -2.51. The van der Waals surface area contributed by atoms with Crippen molar-refractivity contribution in [2.75, 3.05) is 39.9 Å². The number of amides is 2. The van der Waals surface area contributed by atoms with Gasteiger partial charge in [-0.25, -0.2) is 8.78 Å². The third kappa shape index (κ3) is 5.54. The highest BCUT2D eigenvalue weighted by atomic mass is 19.1. The fraction of sp³-hybridized carbons (Fsp3) is 0.226. The van der Waals surface area contributed by atoms with Crippen LogP contribution in [0.5, 0.6) is 11.5 Å². The number of ether oxygens (including phenoxy) is 2. The first-order valence-electron chi connectivity index (χ1n) is 12.9. The molecule has 0 bridgehead atoms. The number of piperazine rings is 1. The van der Waals surface area contributed by atoms with E-state index < -0.39 is 11.6 Å². The Morgan fingerprint density at radius 3 is 2.15 bits per heavy atom. The van der Waals surface area contributed by atoms with Crippen LogP contribution in [-0.4, -0.2) is 66.1 Å². The van der Waals surface area contributed by atoms with Gasteiger partial charge in [0.25, 0.3) is 11.8 Å². The predicted octanol–water partition coefficient (Wildman–Crippen LogP) is 5.10. The Morgan fingerprint density at radius 2 is 1.50 bits per heavy atom. The minimum Gasteiger partial charge on any atom is -0.497 e. The maximum absolute atomic E-state index is 15.0. The highest BCUT2D eigenvalue weighted by Crippen LogP contribution is 2.32. The van der Waals surface area contributed by atoms with Crippen molar-refractivity contribution >= 4 is 11.8 Å². The average Bonchev–Trinajstić information content (AvgIpc) is 3.32. The summed E-state index contributed by atoms with van der Waals surface area (Å²) in [5.41, 5.74) is 2.39. The van der Waals surface area contributed by atoms with Crippen LogP contribution in [0.3, 0.4) is 0 Å². The zero-order chi connectivity index (χ0) is 28.2. The second-order valence-electron chi connectivity index (χ2n) is 9.46. The number of methoxy groups -OCH3 is 1. The van der Waals surface area contributed by atoms with E-state index in [1.165, 1.54) is 12.1 Å². The Balaban J connectivity index is 1.37. The molecule has 2 heterocycles. The van der Waals surface area contributed by atoms with E-state index in [9.17, 15) is 18.4 Å². The number of hydrogen-bond acceptors (Lipinski definition) is 4. The molecule has 5 rings (SSSR count). The molecule has 7 nitrogen and oxygen atoms in total. The Hall–Kier alpha value is -4.66. The molecule has 40 heavy (non-hydrogen) atoms. The average molecular weight is 546 g/mol. The van der Waals surface area contributed by atoms with Crippen molar-refractivity contribution in [3.8, 4) is 28.4 Å². The van der Waals surface area contributed by atoms with E-state index in [1.807, 2.05) is 30.3 Å². The van der Waals surface area contributed by atoms with Crippen molar-refractivity contribution < 1.29 is 27.8 Å². The normalized spacial score (nSPS) is 13.3. The molecule has 1 aromatic heterocycles. The number of carbonyl (C=O) groups excluding carboxylic acids is 2. The molecule has 4 aromatic rings. The summed E-state index contributed by atoms with van der Waals surface area (Å²) in [4.78, 5) is 29.7. The largest absolute Gasteiger partial charge is 0.497 e. The summed E-state index contributed by atoms with van der Waals surface area (Å²) in [6, 6.07) is 21.4. The summed E-state index contributed by atoms with van der Waals surface area (Å²) in [5.74, 6) is -0.514. The van der Waals surface area contributed by atoms with Crippen molar-refractivity contribution in [2.24, 2.45) is 0 Å². The van der Waals surface area contributed by atoms with Crippen molar-refractivity contribution in [1.82, 2.24) is 14.4 Å². The second kappa shape index (κ2) is 11.6. The van der Waals surface area contributed by atoms with Crippen LogP contribution in [0.2, 0.25) is 0 Å². The Labute approximate surface area is 231 Å². The number of aromatic nitrogens is 1. The Kier molecular flexibility index (Phi) is 7.82. The van der Waals surface area contributed by atoms with Crippen molar-refractivity contribution in [3.63, 3.8) is 0 Å². The third-order valence-corrected chi connectivity index (χ3v) is 7.04. The highest BCUT2D eigenvalue weighted by molar-refractivity contribution is 5.97. The molecule has 3 aromatic carbocycles. The maximum Gasteiger partial charge on any atom is 0.260 e. The van der Waals surface area contributed by atoms with E-state index in [-0.39, 0.29) is 24.1 Å². The molecule has 206 valence electrons. The quantitative estimate of drug-likeness (QED) is 0.324. The van der Waals surface area contributed by atoms with E-state index >= 15 is 0 Å². The van der Waals surface area contributed by atoms with E-state index in [2.05, 4.69) is 0 Å². The molecule has 0 unspecified atom stereocenters. The standard InChI is InChI=1S/C31H29F2N3O4/c1-21-26(31(38)35-16-14-34(15-17-35)30(37)20-40-25-6-4-3-5-7-25)19-29(22-8-11-24(39-2)12-9-22)36(21)28-13-10-23(32)18-27(28)33/h3-13,18-19H,14-17,20H2,1-2H3. The first-order valence-corrected chi connectivity index (χ1v) is 12.9. The molecule has 0 saturated carbocycles. The van der Waals surface area contributed by atoms with Gasteiger partial charge in [-0.05, 0) is 67.1 Å². The number of carbonyl (C=O) groups is 2. The molecule has 1 saturated heterocycles. The molecule has 2 amide bonds. The van der Waals surface area contributed by atoms with Gasteiger partial charge in [0, 0.05) is 37.9 Å². The molecule has 9 heteroatoms. The van der Waals surface area contributed by atoms with Gasteiger partial charge >= 0.3 is 0 Å². The molecule has 0 atom stereocenters. The summed E-state index contributed by atoms with van der Waals surface area (Å²) in [6.45, 7) is 3.12. The SMILES string of the molecule is COc1ccc(-c2cc(C(=O)N3CCN(C(=O)COc4ccccc4)CC3)c(C)n2-c2ccc(F)cc2F)cc1. The van der Waals surface area contributed by atoms with Crippen LogP contribution < -0.4 is 9.47 Å². The topological polar surface area (TPSA) is 64.0 Å². The van der Waals surface area contributed by atoms with Crippen molar-refractivity contribution in [2.45, 2.75) is 6.92 Å². The first kappa shape index (κ1) is 26.9. The fourth-order valence-corrected chi connectivity index (χ4v) is 4.85. The number of benzene rings is 3. The summed E-state index contributed by atoms with van der Waals surface area (Å²) in [5, 5.41) is 0. The van der Waals surface area contributed by atoms with Crippen molar-refractivity contribution in [1.29, 1.82) is 0 Å². The third-order valence-electron chi connectivity index (χ3n) is 7.04. The van der Waals surface area contributed by atoms with E-state index in [1.54, 1.807) is 58.7 Å². The number of rotatable bonds is 7. The lowest BCUT2D eigenvalue weighted by molar-refractivity contribution is -0.134. The van der Waals surface area contributed by atoms with Gasteiger partial charge in [0.1, 0.15) is 23.1 Å². The summed E-state index contributed by atoms with van der Waals surface area (Å²) >= 11 is 0. The molecule has 0 radical (unpaired) electrons. The van der Waals surface area contributed by atoms with Crippen LogP contribution in [0, 0.1) is 18.6 Å². The zero-order valence-electron chi connectivity index (χ0n) is 22.3. The molecular formula is C31H29F2N3O4. The predicted molar refractivity (Wildman–Crippen MR) is 147 cm³/mol. The van der Waals surface area contributed by atoms with Gasteiger partial charge in [0.15, 0.2) is 6.61 Å². The van der Waals surface area contributed by atoms with Crippen LogP contribution in [0.15, 0.2) is 78.9 Å². The van der Waals surface area contributed by atoms with Gasteiger partial charge in [-0.1, -0.05) is 18.2 Å². The minimum atomic E-state index is -0.739. The van der Waals surface area contributed by atoms with E-state index in [0.717, 1.165) is 11.6 Å². The van der Waals surface area contributed by atoms with Crippen molar-refractivity contribution in [3.05, 3.63) is 102 Å². The molecule has 1 aliphatic heterocycles. The van der Waals surface area contributed by atoms with Crippen LogP contribution in [0.1, 0.15) is 16.1 Å². The van der Waals surface area contributed by atoms with Gasteiger partial charge in [-0.3, -0.25) is 9.59 Å².